The summed E-state index contributed by atoms with van der Waals surface area (Å²) in [4.78, 5) is 11.6. The van der Waals surface area contributed by atoms with Crippen molar-refractivity contribution in [2.45, 2.75) is 12.6 Å². The minimum Gasteiger partial charge on any atom is -0.371 e. The second-order valence-corrected chi connectivity index (χ2v) is 3.32. The molecule has 1 aromatic carbocycles. The summed E-state index contributed by atoms with van der Waals surface area (Å²) in [6, 6.07) is 8.89. The summed E-state index contributed by atoms with van der Waals surface area (Å²) in [5.74, 6) is -0.221. The molecule has 2 rings (SSSR count). The van der Waals surface area contributed by atoms with Crippen LogP contribution < -0.4 is 5.43 Å². The van der Waals surface area contributed by atoms with Gasteiger partial charge in [-0.1, -0.05) is 24.3 Å². The molecule has 1 aliphatic rings. The van der Waals surface area contributed by atoms with Crippen LogP contribution in [0.3, 0.4) is 0 Å². The van der Waals surface area contributed by atoms with E-state index in [0.717, 1.165) is 0 Å². The number of aliphatic hydroxyl groups excluding tert-OH is 1. The quantitative estimate of drug-likeness (QED) is 0.751. The lowest BCUT2D eigenvalue weighted by Crippen LogP contribution is -2.42. The van der Waals surface area contributed by atoms with Gasteiger partial charge in [0.1, 0.15) is 6.23 Å². The first-order chi connectivity index (χ1) is 7.27. The normalized spacial score (nSPS) is 19.3. The van der Waals surface area contributed by atoms with Crippen LogP contribution in [0.15, 0.2) is 42.6 Å². The molecular formula is C11H12N2O2. The predicted molar refractivity (Wildman–Crippen MR) is 55.5 cm³/mol. The highest BCUT2D eigenvalue weighted by molar-refractivity contribution is 5.93. The van der Waals surface area contributed by atoms with Crippen LogP contribution in [0.5, 0.6) is 0 Å². The van der Waals surface area contributed by atoms with Crippen molar-refractivity contribution in [3.8, 4) is 0 Å². The van der Waals surface area contributed by atoms with Crippen LogP contribution in [-0.2, 0) is 0 Å². The molecule has 4 heteroatoms. The Labute approximate surface area is 87.8 Å². The molecule has 0 saturated carbocycles. The number of benzene rings is 1. The van der Waals surface area contributed by atoms with Gasteiger partial charge in [-0.05, 0) is 12.1 Å². The molecule has 78 valence electrons. The molecule has 0 radical (unpaired) electrons. The molecule has 1 heterocycles. The van der Waals surface area contributed by atoms with Gasteiger partial charge in [-0.2, -0.15) is 0 Å². The van der Waals surface area contributed by atoms with E-state index in [0.29, 0.717) is 12.0 Å². The number of nitrogens with one attached hydrogen (secondary N) is 1. The minimum absolute atomic E-state index is 0.221. The van der Waals surface area contributed by atoms with E-state index < -0.39 is 6.23 Å². The molecule has 2 N–H and O–H groups in total. The van der Waals surface area contributed by atoms with E-state index >= 15 is 0 Å². The van der Waals surface area contributed by atoms with Gasteiger partial charge in [0.15, 0.2) is 0 Å². The number of nitrogens with zero attached hydrogens (tertiary/aromatic N) is 1. The van der Waals surface area contributed by atoms with Crippen LogP contribution in [0.1, 0.15) is 16.8 Å². The summed E-state index contributed by atoms with van der Waals surface area (Å²) in [7, 11) is 0. The van der Waals surface area contributed by atoms with Crippen LogP contribution in [0.4, 0.5) is 0 Å². The van der Waals surface area contributed by atoms with Gasteiger partial charge in [-0.3, -0.25) is 15.2 Å². The molecule has 1 aromatic rings. The van der Waals surface area contributed by atoms with Gasteiger partial charge >= 0.3 is 0 Å². The molecule has 4 nitrogen and oxygen atoms in total. The van der Waals surface area contributed by atoms with Crippen LogP contribution in [-0.4, -0.2) is 22.3 Å². The highest BCUT2D eigenvalue weighted by atomic mass is 16.3. The molecule has 0 aliphatic carbocycles. The molecular weight excluding hydrogens is 192 g/mol. The summed E-state index contributed by atoms with van der Waals surface area (Å²) < 4.78 is 0. The fraction of sp³-hybridized carbons (Fsp3) is 0.182. The molecule has 0 spiro atoms. The van der Waals surface area contributed by atoms with Gasteiger partial charge < -0.3 is 5.11 Å². The van der Waals surface area contributed by atoms with Crippen molar-refractivity contribution in [1.29, 1.82) is 0 Å². The summed E-state index contributed by atoms with van der Waals surface area (Å²) in [5.41, 5.74) is 3.18. The van der Waals surface area contributed by atoms with Crippen LogP contribution >= 0.6 is 0 Å². The maximum atomic E-state index is 11.6. The van der Waals surface area contributed by atoms with E-state index in [9.17, 15) is 9.90 Å². The molecule has 1 amide bonds. The monoisotopic (exact) mass is 204 g/mol. The standard InChI is InChI=1S/C11H12N2O2/c14-10-7-4-8-13(10)12-11(15)9-5-2-1-3-6-9/h1-6,8,10,14H,7H2,(H,12,15). The molecule has 0 bridgehead atoms. The highest BCUT2D eigenvalue weighted by Gasteiger charge is 2.18. The van der Waals surface area contributed by atoms with Gasteiger partial charge in [-0.25, -0.2) is 0 Å². The summed E-state index contributed by atoms with van der Waals surface area (Å²) >= 11 is 0. The Bertz CT molecular complexity index is 375. The first kappa shape index (κ1) is 9.73. The average molecular weight is 204 g/mol. The molecule has 1 unspecified atom stereocenters. The number of carbonyl (C=O) groups is 1. The zero-order chi connectivity index (χ0) is 10.7. The molecule has 15 heavy (non-hydrogen) atoms. The maximum absolute atomic E-state index is 11.6. The second kappa shape index (κ2) is 4.14. The molecule has 1 aliphatic heterocycles. The third-order valence-corrected chi connectivity index (χ3v) is 2.20. The number of hydrogen-bond donors (Lipinski definition) is 2. The lowest BCUT2D eigenvalue weighted by Gasteiger charge is -2.21. The number of hydrogen-bond acceptors (Lipinski definition) is 3. The van der Waals surface area contributed by atoms with Crippen molar-refractivity contribution in [3.05, 3.63) is 48.2 Å². The SMILES string of the molecule is O=C(NN1C=CCC1O)c1ccccc1. The van der Waals surface area contributed by atoms with Gasteiger partial charge in [-0.15, -0.1) is 0 Å². The highest BCUT2D eigenvalue weighted by Crippen LogP contribution is 2.09. The van der Waals surface area contributed by atoms with E-state index in [1.807, 2.05) is 6.07 Å². The van der Waals surface area contributed by atoms with Crippen molar-refractivity contribution in [1.82, 2.24) is 10.4 Å². The Morgan fingerprint density at radius 1 is 1.40 bits per heavy atom. The topological polar surface area (TPSA) is 52.6 Å². The van der Waals surface area contributed by atoms with Gasteiger partial charge in [0, 0.05) is 18.2 Å². The van der Waals surface area contributed by atoms with Crippen molar-refractivity contribution < 1.29 is 9.90 Å². The van der Waals surface area contributed by atoms with Crippen molar-refractivity contribution in [2.24, 2.45) is 0 Å². The third kappa shape index (κ3) is 2.16. The number of aliphatic hydroxyl groups is 1. The fourth-order valence-electron chi connectivity index (χ4n) is 1.39. The predicted octanol–water partition coefficient (Wildman–Crippen LogP) is 0.869. The summed E-state index contributed by atoms with van der Waals surface area (Å²) in [6.07, 6.45) is 3.34. The Morgan fingerprint density at radius 2 is 2.13 bits per heavy atom. The average Bonchev–Trinajstić information content (AvgIpc) is 2.66. The summed E-state index contributed by atoms with van der Waals surface area (Å²) in [5, 5.41) is 10.8. The lowest BCUT2D eigenvalue weighted by atomic mass is 10.2. The first-order valence-electron chi connectivity index (χ1n) is 4.76. The number of amides is 1. The smallest absolute Gasteiger partial charge is 0.269 e. The zero-order valence-electron chi connectivity index (χ0n) is 8.13. The first-order valence-corrected chi connectivity index (χ1v) is 4.76. The van der Waals surface area contributed by atoms with E-state index in [1.165, 1.54) is 5.01 Å². The fourth-order valence-corrected chi connectivity index (χ4v) is 1.39. The van der Waals surface area contributed by atoms with Gasteiger partial charge in [0.25, 0.3) is 5.91 Å². The number of rotatable bonds is 2. The van der Waals surface area contributed by atoms with Gasteiger partial charge in [0.05, 0.1) is 0 Å². The van der Waals surface area contributed by atoms with Crippen LogP contribution in [0.25, 0.3) is 0 Å². The third-order valence-electron chi connectivity index (χ3n) is 2.20. The number of carbonyl (C=O) groups excluding carboxylic acids is 1. The molecule has 0 saturated heterocycles. The van der Waals surface area contributed by atoms with Crippen LogP contribution in [0, 0.1) is 0 Å². The Balaban J connectivity index is 2.01. The van der Waals surface area contributed by atoms with E-state index in [1.54, 1.807) is 36.5 Å². The molecule has 1 atom stereocenters. The van der Waals surface area contributed by atoms with Gasteiger partial charge in [0.2, 0.25) is 0 Å². The van der Waals surface area contributed by atoms with E-state index in [-0.39, 0.29) is 5.91 Å². The zero-order valence-corrected chi connectivity index (χ0v) is 8.13. The number of hydrazine groups is 1. The largest absolute Gasteiger partial charge is 0.371 e. The minimum atomic E-state index is -0.655. The van der Waals surface area contributed by atoms with Crippen molar-refractivity contribution in [3.63, 3.8) is 0 Å². The van der Waals surface area contributed by atoms with Crippen molar-refractivity contribution in [2.75, 3.05) is 0 Å². The molecule has 0 aromatic heterocycles. The maximum Gasteiger partial charge on any atom is 0.269 e. The Kier molecular flexibility index (Phi) is 2.69. The lowest BCUT2D eigenvalue weighted by molar-refractivity contribution is 0.0188. The van der Waals surface area contributed by atoms with E-state index in [4.69, 9.17) is 0 Å². The Morgan fingerprint density at radius 3 is 2.73 bits per heavy atom. The second-order valence-electron chi connectivity index (χ2n) is 3.32. The Hall–Kier alpha value is -1.81. The van der Waals surface area contributed by atoms with Crippen molar-refractivity contribution >= 4 is 5.91 Å². The van der Waals surface area contributed by atoms with Crippen LogP contribution in [0.2, 0.25) is 0 Å². The summed E-state index contributed by atoms with van der Waals surface area (Å²) in [6.45, 7) is 0. The molecule has 0 fully saturated rings. The van der Waals surface area contributed by atoms with E-state index in [2.05, 4.69) is 5.43 Å².